The molecule has 0 amide bonds. The first-order valence-electron chi connectivity index (χ1n) is 9.20. The van der Waals surface area contributed by atoms with Gasteiger partial charge in [-0.2, -0.15) is 0 Å². The van der Waals surface area contributed by atoms with Crippen molar-refractivity contribution in [3.63, 3.8) is 0 Å². The smallest absolute Gasteiger partial charge is 0.108 e. The molecule has 23 heavy (non-hydrogen) atoms. The molecule has 0 saturated heterocycles. The second kappa shape index (κ2) is 9.66. The van der Waals surface area contributed by atoms with Gasteiger partial charge in [0.25, 0.3) is 0 Å². The minimum absolute atomic E-state index is 0. The van der Waals surface area contributed by atoms with Crippen LogP contribution in [0.2, 0.25) is 0 Å². The first kappa shape index (κ1) is 20.5. The lowest BCUT2D eigenvalue weighted by Crippen LogP contribution is -2.54. The lowest BCUT2D eigenvalue weighted by atomic mass is 9.68. The van der Waals surface area contributed by atoms with Crippen LogP contribution in [-0.4, -0.2) is 29.1 Å². The highest BCUT2D eigenvalue weighted by Crippen LogP contribution is 2.44. The van der Waals surface area contributed by atoms with Crippen LogP contribution in [0.5, 0.6) is 0 Å². The van der Waals surface area contributed by atoms with Crippen LogP contribution >= 0.6 is 12.4 Å². The Balaban J connectivity index is 0.00000264. The Morgan fingerprint density at radius 2 is 1.61 bits per heavy atom. The SMILES string of the molecule is CCC(N(CC)CC)C(O)(c1ccccc1)C1CCCCC1.Cl. The molecule has 0 aliphatic heterocycles. The summed E-state index contributed by atoms with van der Waals surface area (Å²) < 4.78 is 0. The highest BCUT2D eigenvalue weighted by Gasteiger charge is 2.46. The number of rotatable bonds is 7. The highest BCUT2D eigenvalue weighted by atomic mass is 35.5. The summed E-state index contributed by atoms with van der Waals surface area (Å²) in [4.78, 5) is 2.45. The molecule has 0 heterocycles. The van der Waals surface area contributed by atoms with Gasteiger partial charge in [0, 0.05) is 6.04 Å². The van der Waals surface area contributed by atoms with Crippen LogP contribution in [0, 0.1) is 5.92 Å². The van der Waals surface area contributed by atoms with E-state index in [1.54, 1.807) is 0 Å². The molecule has 2 nitrogen and oxygen atoms in total. The second-order valence-corrected chi connectivity index (χ2v) is 6.67. The van der Waals surface area contributed by atoms with Gasteiger partial charge in [-0.15, -0.1) is 12.4 Å². The maximum absolute atomic E-state index is 12.0. The molecule has 132 valence electrons. The quantitative estimate of drug-likeness (QED) is 0.755. The molecule has 1 fully saturated rings. The largest absolute Gasteiger partial charge is 0.383 e. The van der Waals surface area contributed by atoms with Crippen LogP contribution in [-0.2, 0) is 5.60 Å². The van der Waals surface area contributed by atoms with Gasteiger partial charge in [-0.25, -0.2) is 0 Å². The Kier molecular flexibility index (Phi) is 8.60. The minimum Gasteiger partial charge on any atom is -0.383 e. The molecule has 1 aromatic rings. The minimum atomic E-state index is -0.720. The van der Waals surface area contributed by atoms with Gasteiger partial charge in [0.1, 0.15) is 5.60 Å². The van der Waals surface area contributed by atoms with E-state index >= 15 is 0 Å². The molecule has 2 rings (SSSR count). The average Bonchev–Trinajstić information content (AvgIpc) is 2.60. The van der Waals surface area contributed by atoms with Gasteiger partial charge in [-0.1, -0.05) is 70.4 Å². The number of halogens is 1. The fourth-order valence-corrected chi connectivity index (χ4v) is 4.46. The molecule has 0 aromatic heterocycles. The summed E-state index contributed by atoms with van der Waals surface area (Å²) in [5, 5.41) is 12.0. The summed E-state index contributed by atoms with van der Waals surface area (Å²) in [6.45, 7) is 8.63. The topological polar surface area (TPSA) is 23.5 Å². The van der Waals surface area contributed by atoms with E-state index in [0.717, 1.165) is 37.9 Å². The molecule has 0 radical (unpaired) electrons. The Hall–Kier alpha value is -0.570. The van der Waals surface area contributed by atoms with Crippen LogP contribution in [0.1, 0.15) is 64.9 Å². The van der Waals surface area contributed by atoms with Gasteiger partial charge < -0.3 is 5.11 Å². The average molecular weight is 340 g/mol. The molecule has 1 saturated carbocycles. The van der Waals surface area contributed by atoms with Crippen molar-refractivity contribution in [3.8, 4) is 0 Å². The molecule has 0 bridgehead atoms. The van der Waals surface area contributed by atoms with Crippen molar-refractivity contribution in [2.24, 2.45) is 5.92 Å². The molecule has 1 aliphatic rings. The second-order valence-electron chi connectivity index (χ2n) is 6.67. The molecular formula is C20H34ClNO. The number of likely N-dealkylation sites (N-methyl/N-ethyl adjacent to an activating group) is 1. The van der Waals surface area contributed by atoms with E-state index in [9.17, 15) is 5.11 Å². The standard InChI is InChI=1S/C20H33NO.ClH/c1-4-19(21(5-2)6-3)20(22,17-13-9-7-10-14-17)18-15-11-8-12-16-18;/h7,9-10,13-14,18-19,22H,4-6,8,11-12,15-16H2,1-3H3;1H. The Morgan fingerprint density at radius 3 is 2.09 bits per heavy atom. The van der Waals surface area contributed by atoms with Crippen molar-refractivity contribution < 1.29 is 5.11 Å². The molecule has 0 spiro atoms. The fourth-order valence-electron chi connectivity index (χ4n) is 4.46. The van der Waals surface area contributed by atoms with Gasteiger partial charge in [0.2, 0.25) is 0 Å². The van der Waals surface area contributed by atoms with E-state index in [-0.39, 0.29) is 18.4 Å². The third-order valence-electron chi connectivity index (χ3n) is 5.61. The number of benzene rings is 1. The van der Waals surface area contributed by atoms with Crippen molar-refractivity contribution in [2.45, 2.75) is 70.9 Å². The first-order chi connectivity index (χ1) is 10.7. The van der Waals surface area contributed by atoms with Gasteiger partial charge in [-0.05, 0) is 43.8 Å². The lowest BCUT2D eigenvalue weighted by molar-refractivity contribution is -0.106. The van der Waals surface area contributed by atoms with E-state index in [2.05, 4.69) is 49.9 Å². The first-order valence-corrected chi connectivity index (χ1v) is 9.20. The summed E-state index contributed by atoms with van der Waals surface area (Å²) in [5.74, 6) is 0.384. The number of aliphatic hydroxyl groups is 1. The molecule has 1 aliphatic carbocycles. The van der Waals surface area contributed by atoms with Gasteiger partial charge in [0.15, 0.2) is 0 Å². The molecular weight excluding hydrogens is 306 g/mol. The van der Waals surface area contributed by atoms with E-state index in [1.165, 1.54) is 19.3 Å². The molecule has 3 heteroatoms. The maximum Gasteiger partial charge on any atom is 0.108 e. The van der Waals surface area contributed by atoms with E-state index in [4.69, 9.17) is 0 Å². The molecule has 2 unspecified atom stereocenters. The summed E-state index contributed by atoms with van der Waals surface area (Å²) in [5.41, 5.74) is 0.392. The zero-order valence-electron chi connectivity index (χ0n) is 15.0. The fraction of sp³-hybridized carbons (Fsp3) is 0.700. The Morgan fingerprint density at radius 1 is 1.04 bits per heavy atom. The van der Waals surface area contributed by atoms with Crippen LogP contribution in [0.25, 0.3) is 0 Å². The predicted octanol–water partition coefficient (Wildman–Crippen LogP) is 5.00. The van der Waals surface area contributed by atoms with Crippen LogP contribution in [0.3, 0.4) is 0 Å². The number of nitrogens with zero attached hydrogens (tertiary/aromatic N) is 1. The van der Waals surface area contributed by atoms with Crippen LogP contribution in [0.4, 0.5) is 0 Å². The van der Waals surface area contributed by atoms with Gasteiger partial charge in [0.05, 0.1) is 0 Å². The van der Waals surface area contributed by atoms with E-state index in [1.807, 2.05) is 6.07 Å². The third kappa shape index (κ3) is 4.29. The normalized spacial score (nSPS) is 19.9. The summed E-state index contributed by atoms with van der Waals surface area (Å²) >= 11 is 0. The summed E-state index contributed by atoms with van der Waals surface area (Å²) in [6.07, 6.45) is 7.14. The van der Waals surface area contributed by atoms with Crippen molar-refractivity contribution in [2.75, 3.05) is 13.1 Å². The van der Waals surface area contributed by atoms with Crippen molar-refractivity contribution >= 4 is 12.4 Å². The monoisotopic (exact) mass is 339 g/mol. The zero-order chi connectivity index (χ0) is 16.0. The molecule has 2 atom stereocenters. The Labute approximate surface area is 148 Å². The maximum atomic E-state index is 12.0. The predicted molar refractivity (Wildman–Crippen MR) is 101 cm³/mol. The molecule has 1 aromatic carbocycles. The van der Waals surface area contributed by atoms with Crippen molar-refractivity contribution in [3.05, 3.63) is 35.9 Å². The van der Waals surface area contributed by atoms with Crippen LogP contribution in [0.15, 0.2) is 30.3 Å². The van der Waals surface area contributed by atoms with E-state index in [0.29, 0.717) is 5.92 Å². The molecule has 1 N–H and O–H groups in total. The van der Waals surface area contributed by atoms with Gasteiger partial charge >= 0.3 is 0 Å². The zero-order valence-corrected chi connectivity index (χ0v) is 15.8. The summed E-state index contributed by atoms with van der Waals surface area (Å²) in [7, 11) is 0. The number of hydrogen-bond donors (Lipinski definition) is 1. The number of hydrogen-bond acceptors (Lipinski definition) is 2. The van der Waals surface area contributed by atoms with Crippen molar-refractivity contribution in [1.82, 2.24) is 4.90 Å². The van der Waals surface area contributed by atoms with Gasteiger partial charge in [-0.3, -0.25) is 4.90 Å². The summed E-state index contributed by atoms with van der Waals surface area (Å²) in [6, 6.07) is 10.6. The third-order valence-corrected chi connectivity index (χ3v) is 5.61. The van der Waals surface area contributed by atoms with E-state index < -0.39 is 5.60 Å². The van der Waals surface area contributed by atoms with Crippen molar-refractivity contribution in [1.29, 1.82) is 0 Å². The Bertz CT molecular complexity index is 429. The van der Waals surface area contributed by atoms with Crippen LogP contribution < -0.4 is 0 Å². The lowest BCUT2D eigenvalue weighted by Gasteiger charge is -2.48. The highest BCUT2D eigenvalue weighted by molar-refractivity contribution is 5.85.